The average Bonchev–Trinajstić information content (AvgIpc) is 2.64. The molecule has 3 atom stereocenters. The van der Waals surface area contributed by atoms with E-state index < -0.39 is 0 Å². The molecule has 0 aliphatic carbocycles. The molecule has 16 heavy (non-hydrogen) atoms. The number of nitrogens with zero attached hydrogens (tertiary/aromatic N) is 1. The molecule has 2 saturated heterocycles. The molecule has 2 aliphatic heterocycles. The molecule has 0 bridgehead atoms. The van der Waals surface area contributed by atoms with Crippen molar-refractivity contribution < 1.29 is 4.79 Å². The van der Waals surface area contributed by atoms with Crippen molar-refractivity contribution in [1.82, 2.24) is 15.5 Å². The molecule has 0 spiro atoms. The average molecular weight is 225 g/mol. The smallest absolute Gasteiger partial charge is 0.237 e. The van der Waals surface area contributed by atoms with Crippen LogP contribution in [0.15, 0.2) is 0 Å². The van der Waals surface area contributed by atoms with E-state index in [1.165, 1.54) is 6.42 Å². The minimum Gasteiger partial charge on any atom is -0.351 e. The van der Waals surface area contributed by atoms with Crippen LogP contribution < -0.4 is 10.6 Å². The van der Waals surface area contributed by atoms with Gasteiger partial charge in [-0.05, 0) is 46.2 Å². The maximum Gasteiger partial charge on any atom is 0.237 e. The van der Waals surface area contributed by atoms with E-state index in [0.29, 0.717) is 12.1 Å². The van der Waals surface area contributed by atoms with Crippen molar-refractivity contribution in [3.63, 3.8) is 0 Å². The number of rotatable bonds is 2. The zero-order valence-corrected chi connectivity index (χ0v) is 10.3. The molecule has 0 aromatic rings. The molecular weight excluding hydrogens is 202 g/mol. The first-order valence-corrected chi connectivity index (χ1v) is 6.40. The van der Waals surface area contributed by atoms with Crippen molar-refractivity contribution in [2.75, 3.05) is 20.1 Å². The summed E-state index contributed by atoms with van der Waals surface area (Å²) in [5.41, 5.74) is 0. The third-order valence-electron chi connectivity index (χ3n) is 3.67. The molecular formula is C12H23N3O. The van der Waals surface area contributed by atoms with E-state index in [1.54, 1.807) is 0 Å². The minimum atomic E-state index is 0.0367. The lowest BCUT2D eigenvalue weighted by Gasteiger charge is -2.28. The molecule has 0 aromatic heterocycles. The monoisotopic (exact) mass is 225 g/mol. The van der Waals surface area contributed by atoms with Crippen LogP contribution in [0.3, 0.4) is 0 Å². The summed E-state index contributed by atoms with van der Waals surface area (Å²) in [5.74, 6) is 0.201. The van der Waals surface area contributed by atoms with Crippen LogP contribution in [-0.4, -0.2) is 49.1 Å². The zero-order valence-electron chi connectivity index (χ0n) is 10.3. The Balaban J connectivity index is 1.78. The number of carbonyl (C=O) groups is 1. The van der Waals surface area contributed by atoms with Gasteiger partial charge in [-0.3, -0.25) is 4.79 Å². The molecule has 0 radical (unpaired) electrons. The number of piperidine rings is 1. The molecule has 4 nitrogen and oxygen atoms in total. The predicted molar refractivity (Wildman–Crippen MR) is 64.3 cm³/mol. The van der Waals surface area contributed by atoms with E-state index in [2.05, 4.69) is 29.5 Å². The summed E-state index contributed by atoms with van der Waals surface area (Å²) < 4.78 is 0. The summed E-state index contributed by atoms with van der Waals surface area (Å²) >= 11 is 0. The van der Waals surface area contributed by atoms with Crippen LogP contribution >= 0.6 is 0 Å². The molecule has 4 heteroatoms. The fourth-order valence-electron chi connectivity index (χ4n) is 2.70. The van der Waals surface area contributed by atoms with Crippen LogP contribution in [0.5, 0.6) is 0 Å². The highest BCUT2D eigenvalue weighted by molar-refractivity contribution is 5.82. The summed E-state index contributed by atoms with van der Waals surface area (Å²) in [6.07, 6.45) is 4.43. The highest BCUT2D eigenvalue weighted by Gasteiger charge is 2.27. The van der Waals surface area contributed by atoms with Crippen LogP contribution in [0.2, 0.25) is 0 Å². The summed E-state index contributed by atoms with van der Waals surface area (Å²) in [4.78, 5) is 14.3. The van der Waals surface area contributed by atoms with Gasteiger partial charge in [0.2, 0.25) is 5.91 Å². The van der Waals surface area contributed by atoms with Gasteiger partial charge in [0.25, 0.3) is 0 Å². The number of likely N-dealkylation sites (N-methyl/N-ethyl adjacent to an activating group) is 1. The van der Waals surface area contributed by atoms with Gasteiger partial charge in [0.15, 0.2) is 0 Å². The van der Waals surface area contributed by atoms with Gasteiger partial charge in [-0.2, -0.15) is 0 Å². The van der Waals surface area contributed by atoms with Crippen molar-refractivity contribution in [2.24, 2.45) is 0 Å². The molecule has 92 valence electrons. The molecule has 2 rings (SSSR count). The third-order valence-corrected chi connectivity index (χ3v) is 3.67. The van der Waals surface area contributed by atoms with Crippen molar-refractivity contribution in [1.29, 1.82) is 0 Å². The Morgan fingerprint density at radius 3 is 2.81 bits per heavy atom. The van der Waals surface area contributed by atoms with Gasteiger partial charge < -0.3 is 15.5 Å². The lowest BCUT2D eigenvalue weighted by molar-refractivity contribution is -0.124. The van der Waals surface area contributed by atoms with Gasteiger partial charge in [-0.1, -0.05) is 0 Å². The maximum atomic E-state index is 12.0. The van der Waals surface area contributed by atoms with Crippen molar-refractivity contribution in [2.45, 2.75) is 50.7 Å². The van der Waals surface area contributed by atoms with Gasteiger partial charge >= 0.3 is 0 Å². The predicted octanol–water partition coefficient (Wildman–Crippen LogP) is 0.337. The van der Waals surface area contributed by atoms with E-state index in [4.69, 9.17) is 0 Å². The Morgan fingerprint density at radius 2 is 2.19 bits per heavy atom. The van der Waals surface area contributed by atoms with E-state index in [1.807, 2.05) is 0 Å². The Hall–Kier alpha value is -0.610. The van der Waals surface area contributed by atoms with E-state index in [9.17, 15) is 4.79 Å². The highest BCUT2D eigenvalue weighted by Crippen LogP contribution is 2.13. The fourth-order valence-corrected chi connectivity index (χ4v) is 2.70. The lowest BCUT2D eigenvalue weighted by atomic mass is 9.99. The normalized spacial score (nSPS) is 36.2. The summed E-state index contributed by atoms with van der Waals surface area (Å²) in [7, 11) is 2.10. The van der Waals surface area contributed by atoms with Crippen molar-refractivity contribution >= 4 is 5.91 Å². The molecule has 0 aromatic carbocycles. The first-order valence-electron chi connectivity index (χ1n) is 6.40. The topological polar surface area (TPSA) is 44.4 Å². The molecule has 2 heterocycles. The summed E-state index contributed by atoms with van der Waals surface area (Å²) in [5, 5.41) is 6.53. The second kappa shape index (κ2) is 5.15. The molecule has 1 amide bonds. The van der Waals surface area contributed by atoms with Gasteiger partial charge in [0.05, 0.1) is 6.04 Å². The van der Waals surface area contributed by atoms with Crippen LogP contribution in [-0.2, 0) is 4.79 Å². The number of carbonyl (C=O) groups excluding carboxylic acids is 1. The van der Waals surface area contributed by atoms with Crippen LogP contribution in [0.25, 0.3) is 0 Å². The maximum absolute atomic E-state index is 12.0. The molecule has 0 saturated carbocycles. The third kappa shape index (κ3) is 2.95. The second-order valence-corrected chi connectivity index (χ2v) is 5.31. The largest absolute Gasteiger partial charge is 0.351 e. The van der Waals surface area contributed by atoms with Gasteiger partial charge in [-0.25, -0.2) is 0 Å². The molecule has 2 aliphatic rings. The quantitative estimate of drug-likeness (QED) is 0.712. The minimum absolute atomic E-state index is 0.0367. The second-order valence-electron chi connectivity index (χ2n) is 5.31. The number of nitrogens with one attached hydrogen (secondary N) is 2. The van der Waals surface area contributed by atoms with E-state index >= 15 is 0 Å². The van der Waals surface area contributed by atoms with Crippen LogP contribution in [0.4, 0.5) is 0 Å². The van der Waals surface area contributed by atoms with Gasteiger partial charge in [0, 0.05) is 18.6 Å². The lowest BCUT2D eigenvalue weighted by Crippen LogP contribution is -2.52. The number of hydrogen-bond acceptors (Lipinski definition) is 3. The van der Waals surface area contributed by atoms with Gasteiger partial charge in [0.1, 0.15) is 0 Å². The summed E-state index contributed by atoms with van der Waals surface area (Å²) in [6.45, 7) is 4.25. The molecule has 2 fully saturated rings. The molecule has 2 N–H and O–H groups in total. The highest BCUT2D eigenvalue weighted by atomic mass is 16.2. The van der Waals surface area contributed by atoms with Crippen molar-refractivity contribution in [3.8, 4) is 0 Å². The van der Waals surface area contributed by atoms with Crippen molar-refractivity contribution in [3.05, 3.63) is 0 Å². The Kier molecular flexibility index (Phi) is 3.82. The standard InChI is InChI=1S/C12H23N3O/c1-9-4-3-5-11(13-9)12(16)14-10-6-7-15(2)8-10/h9-11,13H,3-8H2,1-2H3,(H,14,16). The van der Waals surface area contributed by atoms with E-state index in [-0.39, 0.29) is 11.9 Å². The Bertz CT molecular complexity index is 257. The SMILES string of the molecule is CC1CCCC(C(=O)NC2CCN(C)C2)N1. The first kappa shape index (κ1) is 11.9. The fraction of sp³-hybridized carbons (Fsp3) is 0.917. The zero-order chi connectivity index (χ0) is 11.5. The molecule has 3 unspecified atom stereocenters. The Labute approximate surface area is 97.8 Å². The first-order chi connectivity index (χ1) is 7.65. The Morgan fingerprint density at radius 1 is 1.38 bits per heavy atom. The number of hydrogen-bond donors (Lipinski definition) is 2. The van der Waals surface area contributed by atoms with Crippen LogP contribution in [0.1, 0.15) is 32.6 Å². The number of amides is 1. The van der Waals surface area contributed by atoms with E-state index in [0.717, 1.165) is 32.4 Å². The summed E-state index contributed by atoms with van der Waals surface area (Å²) in [6, 6.07) is 0.877. The van der Waals surface area contributed by atoms with Gasteiger partial charge in [-0.15, -0.1) is 0 Å². The van der Waals surface area contributed by atoms with Crippen LogP contribution in [0, 0.1) is 0 Å². The number of likely N-dealkylation sites (tertiary alicyclic amines) is 1.